The third-order valence-electron chi connectivity index (χ3n) is 4.60. The number of hydrogen-bond acceptors (Lipinski definition) is 7. The molecule has 0 unspecified atom stereocenters. The van der Waals surface area contributed by atoms with Crippen molar-refractivity contribution in [2.45, 2.75) is 6.10 Å². The van der Waals surface area contributed by atoms with Crippen LogP contribution in [0, 0.1) is 5.82 Å². The van der Waals surface area contributed by atoms with Crippen molar-refractivity contribution in [3.8, 4) is 11.6 Å². The summed E-state index contributed by atoms with van der Waals surface area (Å²) in [5.74, 6) is -0.0639. The van der Waals surface area contributed by atoms with E-state index >= 15 is 0 Å². The van der Waals surface area contributed by atoms with Crippen LogP contribution in [-0.2, 0) is 4.74 Å². The van der Waals surface area contributed by atoms with Crippen LogP contribution in [0.4, 0.5) is 14.9 Å². The summed E-state index contributed by atoms with van der Waals surface area (Å²) in [5, 5.41) is 1.88. The molecule has 0 saturated carbocycles. The number of amides is 1. The average molecular weight is 411 g/mol. The van der Waals surface area contributed by atoms with Crippen LogP contribution in [0.3, 0.4) is 0 Å². The van der Waals surface area contributed by atoms with Crippen LogP contribution in [0.2, 0.25) is 0 Å². The molecule has 10 heteroatoms. The molecule has 1 amide bonds. The van der Waals surface area contributed by atoms with Crippen molar-refractivity contribution < 1.29 is 18.7 Å². The lowest BCUT2D eigenvalue weighted by atomic mass is 10.2. The Hall–Kier alpha value is -3.53. The Balaban J connectivity index is 1.33. The van der Waals surface area contributed by atoms with E-state index in [4.69, 9.17) is 9.47 Å². The zero-order valence-corrected chi connectivity index (χ0v) is 15.8. The number of carbonyl (C=O) groups excluding carboxylic acids is 1. The fourth-order valence-electron chi connectivity index (χ4n) is 3.21. The minimum Gasteiger partial charge on any atom is -0.472 e. The predicted molar refractivity (Wildman–Crippen MR) is 104 cm³/mol. The SMILES string of the molecule is O=C1O[C@@H](COc2cnsn2)CN1c1ccc(-n2cc3ccncc3c2)c(F)c1. The molecule has 1 fully saturated rings. The largest absolute Gasteiger partial charge is 0.472 e. The molecule has 0 bridgehead atoms. The topological polar surface area (TPSA) is 82.4 Å². The minimum absolute atomic E-state index is 0.151. The number of anilines is 1. The number of aromatic nitrogens is 4. The highest BCUT2D eigenvalue weighted by atomic mass is 32.1. The second-order valence-electron chi connectivity index (χ2n) is 6.48. The van der Waals surface area contributed by atoms with Crippen molar-refractivity contribution in [2.75, 3.05) is 18.1 Å². The van der Waals surface area contributed by atoms with Crippen LogP contribution in [0.1, 0.15) is 0 Å². The molecule has 1 aromatic carbocycles. The zero-order chi connectivity index (χ0) is 19.8. The van der Waals surface area contributed by atoms with Gasteiger partial charge in [0, 0.05) is 35.6 Å². The molecule has 3 aromatic heterocycles. The molecule has 146 valence electrons. The second-order valence-corrected chi connectivity index (χ2v) is 7.04. The first-order valence-electron chi connectivity index (χ1n) is 8.77. The Morgan fingerprint density at radius 1 is 1.24 bits per heavy atom. The number of benzene rings is 1. The normalized spacial score (nSPS) is 16.4. The van der Waals surface area contributed by atoms with Crippen LogP contribution in [-0.4, -0.2) is 43.6 Å². The highest BCUT2D eigenvalue weighted by Crippen LogP contribution is 2.27. The maximum absolute atomic E-state index is 14.8. The molecule has 0 radical (unpaired) electrons. The third-order valence-corrected chi connectivity index (χ3v) is 5.06. The fraction of sp³-hybridized carbons (Fsp3) is 0.158. The number of halogens is 1. The Kier molecular flexibility index (Phi) is 4.32. The summed E-state index contributed by atoms with van der Waals surface area (Å²) in [6.45, 7) is 0.409. The first kappa shape index (κ1) is 17.6. The van der Waals surface area contributed by atoms with Gasteiger partial charge < -0.3 is 14.0 Å². The van der Waals surface area contributed by atoms with Gasteiger partial charge in [-0.05, 0) is 24.3 Å². The summed E-state index contributed by atoms with van der Waals surface area (Å²) in [5.41, 5.74) is 0.806. The van der Waals surface area contributed by atoms with Gasteiger partial charge in [0.1, 0.15) is 18.6 Å². The number of hydrogen-bond donors (Lipinski definition) is 0. The maximum Gasteiger partial charge on any atom is 0.414 e. The predicted octanol–water partition coefficient (Wildman–Crippen LogP) is 3.42. The van der Waals surface area contributed by atoms with Gasteiger partial charge in [0.25, 0.3) is 0 Å². The van der Waals surface area contributed by atoms with Crippen molar-refractivity contribution >= 4 is 34.3 Å². The molecule has 4 aromatic rings. The van der Waals surface area contributed by atoms with Crippen molar-refractivity contribution in [3.05, 3.63) is 61.1 Å². The Bertz CT molecular complexity index is 1150. The molecule has 0 N–H and O–H groups in total. The molecule has 4 heterocycles. The van der Waals surface area contributed by atoms with Crippen LogP contribution in [0.5, 0.6) is 5.88 Å². The number of ether oxygens (including phenoxy) is 2. The lowest BCUT2D eigenvalue weighted by molar-refractivity contribution is 0.103. The van der Waals surface area contributed by atoms with Gasteiger partial charge in [0.2, 0.25) is 5.88 Å². The summed E-state index contributed by atoms with van der Waals surface area (Å²) in [6.07, 6.45) is 7.53. The molecule has 1 aliphatic heterocycles. The van der Waals surface area contributed by atoms with Crippen LogP contribution >= 0.6 is 11.7 Å². The molecule has 1 saturated heterocycles. The van der Waals surface area contributed by atoms with Crippen LogP contribution in [0.25, 0.3) is 16.5 Å². The number of fused-ring (bicyclic) bond motifs is 1. The van der Waals surface area contributed by atoms with Crippen molar-refractivity contribution in [3.63, 3.8) is 0 Å². The standard InChI is InChI=1S/C19H14FN5O3S/c20-16-5-14(1-2-17(16)24-8-12-3-4-21-6-13(12)9-24)25-10-15(28-19(25)26)11-27-18-7-22-29-23-18/h1-9,15H,10-11H2/t15-/m1/s1. The van der Waals surface area contributed by atoms with E-state index in [1.165, 1.54) is 17.2 Å². The van der Waals surface area contributed by atoms with Gasteiger partial charge in [-0.3, -0.25) is 9.88 Å². The number of carbonyl (C=O) groups is 1. The number of rotatable bonds is 5. The van der Waals surface area contributed by atoms with Gasteiger partial charge in [0.15, 0.2) is 6.10 Å². The number of cyclic esters (lactones) is 1. The van der Waals surface area contributed by atoms with Gasteiger partial charge in [-0.15, -0.1) is 4.37 Å². The molecule has 29 heavy (non-hydrogen) atoms. The first-order valence-corrected chi connectivity index (χ1v) is 9.50. The Labute approximate surface area is 168 Å². The van der Waals surface area contributed by atoms with E-state index in [2.05, 4.69) is 13.7 Å². The van der Waals surface area contributed by atoms with E-state index in [9.17, 15) is 9.18 Å². The summed E-state index contributed by atoms with van der Waals surface area (Å²) < 4.78 is 35.0. The lowest BCUT2D eigenvalue weighted by Crippen LogP contribution is -2.26. The highest BCUT2D eigenvalue weighted by Gasteiger charge is 2.33. The number of pyridine rings is 1. The first-order chi connectivity index (χ1) is 14.2. The minimum atomic E-state index is -0.542. The van der Waals surface area contributed by atoms with Crippen molar-refractivity contribution in [1.29, 1.82) is 0 Å². The van der Waals surface area contributed by atoms with E-state index in [1.807, 2.05) is 18.5 Å². The van der Waals surface area contributed by atoms with Gasteiger partial charge >= 0.3 is 6.09 Å². The van der Waals surface area contributed by atoms with E-state index in [0.29, 0.717) is 17.3 Å². The van der Waals surface area contributed by atoms with Gasteiger partial charge in [0.05, 0.1) is 29.6 Å². The quantitative estimate of drug-likeness (QED) is 0.501. The van der Waals surface area contributed by atoms with E-state index in [-0.39, 0.29) is 13.2 Å². The molecule has 0 spiro atoms. The lowest BCUT2D eigenvalue weighted by Gasteiger charge is -2.14. The van der Waals surface area contributed by atoms with E-state index < -0.39 is 18.0 Å². The van der Waals surface area contributed by atoms with E-state index in [0.717, 1.165) is 22.5 Å². The molecule has 5 rings (SSSR count). The van der Waals surface area contributed by atoms with Crippen LogP contribution in [0.15, 0.2) is 55.2 Å². The monoisotopic (exact) mass is 411 g/mol. The van der Waals surface area contributed by atoms with E-state index in [1.54, 1.807) is 29.1 Å². The third kappa shape index (κ3) is 3.38. The molecule has 1 aliphatic rings. The molecular formula is C19H14FN5O3S. The summed E-state index contributed by atoms with van der Waals surface area (Å²) >= 11 is 1.03. The molecule has 1 atom stereocenters. The number of nitrogens with zero attached hydrogens (tertiary/aromatic N) is 5. The van der Waals surface area contributed by atoms with Crippen LogP contribution < -0.4 is 9.64 Å². The molecular weight excluding hydrogens is 397 g/mol. The fourth-order valence-corrected chi connectivity index (χ4v) is 3.57. The van der Waals surface area contributed by atoms with Gasteiger partial charge in [-0.1, -0.05) is 0 Å². The molecule has 8 nitrogen and oxygen atoms in total. The smallest absolute Gasteiger partial charge is 0.414 e. The average Bonchev–Trinajstić information content (AvgIpc) is 3.45. The molecule has 0 aliphatic carbocycles. The second kappa shape index (κ2) is 7.13. The van der Waals surface area contributed by atoms with Crippen molar-refractivity contribution in [1.82, 2.24) is 18.3 Å². The van der Waals surface area contributed by atoms with Gasteiger partial charge in [-0.25, -0.2) is 9.18 Å². The summed E-state index contributed by atoms with van der Waals surface area (Å²) in [4.78, 5) is 17.7. The van der Waals surface area contributed by atoms with Crippen molar-refractivity contribution in [2.24, 2.45) is 0 Å². The summed E-state index contributed by atoms with van der Waals surface area (Å²) in [6, 6.07) is 6.51. The Morgan fingerprint density at radius 3 is 2.93 bits per heavy atom. The van der Waals surface area contributed by atoms with Gasteiger partial charge in [-0.2, -0.15) is 4.37 Å². The zero-order valence-electron chi connectivity index (χ0n) is 14.9. The Morgan fingerprint density at radius 2 is 2.14 bits per heavy atom. The summed E-state index contributed by atoms with van der Waals surface area (Å²) in [7, 11) is 0. The highest BCUT2D eigenvalue weighted by molar-refractivity contribution is 6.99. The maximum atomic E-state index is 14.8.